The van der Waals surface area contributed by atoms with Crippen LogP contribution in [0.5, 0.6) is 0 Å². The summed E-state index contributed by atoms with van der Waals surface area (Å²) in [5, 5.41) is 13.5. The number of nitrogens with zero attached hydrogens (tertiary/aromatic N) is 2. The van der Waals surface area contributed by atoms with E-state index in [0.717, 1.165) is 30.8 Å². The van der Waals surface area contributed by atoms with Crippen molar-refractivity contribution in [2.45, 2.75) is 63.3 Å². The van der Waals surface area contributed by atoms with E-state index in [-0.39, 0.29) is 17.6 Å². The van der Waals surface area contributed by atoms with E-state index in [0.29, 0.717) is 18.2 Å². The molecule has 6 heteroatoms. The summed E-state index contributed by atoms with van der Waals surface area (Å²) in [5.74, 6) is 0.824. The van der Waals surface area contributed by atoms with Gasteiger partial charge in [-0.15, -0.1) is 0 Å². The summed E-state index contributed by atoms with van der Waals surface area (Å²) in [6, 6.07) is 0. The second-order valence-electron chi connectivity index (χ2n) is 7.03. The number of carbonyl (C=O) groups excluding carboxylic acids is 1. The molecule has 22 heavy (non-hydrogen) atoms. The number of rotatable bonds is 5. The number of amides is 1. The molecule has 2 atom stereocenters. The molecule has 1 aliphatic carbocycles. The molecule has 1 aromatic rings. The summed E-state index contributed by atoms with van der Waals surface area (Å²) in [5.41, 5.74) is -0.0342. The minimum Gasteiger partial charge on any atom is -0.393 e. The summed E-state index contributed by atoms with van der Waals surface area (Å²) in [7, 11) is 0. The molecule has 1 fully saturated rings. The zero-order valence-corrected chi connectivity index (χ0v) is 14.5. The number of carbonyl (C=O) groups is 1. The third-order valence-electron chi connectivity index (χ3n) is 4.00. The number of hydrogen-bond acceptors (Lipinski definition) is 4. The van der Waals surface area contributed by atoms with Crippen LogP contribution in [-0.2, 0) is 10.3 Å². The van der Waals surface area contributed by atoms with E-state index in [1.54, 1.807) is 6.20 Å². The van der Waals surface area contributed by atoms with Gasteiger partial charge in [-0.3, -0.25) is 4.79 Å². The largest absolute Gasteiger partial charge is 0.393 e. The highest BCUT2D eigenvalue weighted by Gasteiger charge is 2.21. The molecule has 0 radical (unpaired) electrons. The fourth-order valence-corrected chi connectivity index (χ4v) is 3.77. The van der Waals surface area contributed by atoms with E-state index in [1.807, 2.05) is 6.20 Å². The number of aliphatic hydroxyl groups excluding tert-OH is 1. The molecule has 2 rings (SSSR count). The van der Waals surface area contributed by atoms with Crippen molar-refractivity contribution in [3.63, 3.8) is 0 Å². The molecule has 124 valence electrons. The van der Waals surface area contributed by atoms with Gasteiger partial charge in [-0.1, -0.05) is 18.2 Å². The zero-order chi connectivity index (χ0) is 16.2. The van der Waals surface area contributed by atoms with Gasteiger partial charge in [0.05, 0.1) is 11.9 Å². The van der Waals surface area contributed by atoms with Gasteiger partial charge in [-0.05, 0) is 46.0 Å². The molecule has 1 saturated carbocycles. The number of aromatic nitrogens is 2. The van der Waals surface area contributed by atoms with Crippen LogP contribution in [0.1, 0.15) is 46.5 Å². The van der Waals surface area contributed by atoms with Crippen LogP contribution in [0.3, 0.4) is 0 Å². The van der Waals surface area contributed by atoms with Crippen molar-refractivity contribution < 1.29 is 9.90 Å². The predicted octanol–water partition coefficient (Wildman–Crippen LogP) is 2.40. The van der Waals surface area contributed by atoms with Crippen molar-refractivity contribution in [3.05, 3.63) is 12.4 Å². The van der Waals surface area contributed by atoms with E-state index in [4.69, 9.17) is 0 Å². The van der Waals surface area contributed by atoms with E-state index in [2.05, 4.69) is 35.6 Å². The first-order valence-electron chi connectivity index (χ1n) is 7.97. The monoisotopic (exact) mass is 325 g/mol. The first-order chi connectivity index (χ1) is 10.4. The van der Waals surface area contributed by atoms with E-state index < -0.39 is 0 Å². The third kappa shape index (κ3) is 5.02. The summed E-state index contributed by atoms with van der Waals surface area (Å²) >= 11 is 1.47. The van der Waals surface area contributed by atoms with Crippen molar-refractivity contribution >= 4 is 17.7 Å². The highest BCUT2D eigenvalue weighted by Crippen LogP contribution is 2.24. The number of hydrogen-bond donors (Lipinski definition) is 2. The molecular weight excluding hydrogens is 298 g/mol. The van der Waals surface area contributed by atoms with Gasteiger partial charge < -0.3 is 15.0 Å². The molecule has 1 aromatic heterocycles. The van der Waals surface area contributed by atoms with Crippen molar-refractivity contribution in [2.75, 3.05) is 12.3 Å². The smallest absolute Gasteiger partial charge is 0.230 e. The minimum absolute atomic E-state index is 0.0342. The average molecular weight is 325 g/mol. The summed E-state index contributed by atoms with van der Waals surface area (Å²) < 4.78 is 2.09. The molecule has 0 spiro atoms. The number of aliphatic hydroxyl groups is 1. The standard InChI is InChI=1S/C16H27N3O2S/c1-16(2,3)19-8-7-17-15(19)22-11-14(21)18-10-12-5-4-6-13(20)9-12/h7-8,12-13,20H,4-6,9-11H2,1-3H3,(H,18,21). The molecule has 2 N–H and O–H groups in total. The predicted molar refractivity (Wildman–Crippen MR) is 88.9 cm³/mol. The Hall–Kier alpha value is -1.01. The fraction of sp³-hybridized carbons (Fsp3) is 0.750. The van der Waals surface area contributed by atoms with Crippen molar-refractivity contribution in [2.24, 2.45) is 5.92 Å². The lowest BCUT2D eigenvalue weighted by Crippen LogP contribution is -2.34. The lowest BCUT2D eigenvalue weighted by molar-refractivity contribution is -0.118. The van der Waals surface area contributed by atoms with Gasteiger partial charge >= 0.3 is 0 Å². The molecule has 1 amide bonds. The Balaban J connectivity index is 1.75. The Morgan fingerprint density at radius 1 is 1.50 bits per heavy atom. The summed E-state index contributed by atoms with van der Waals surface area (Å²) in [6.45, 7) is 7.03. The lowest BCUT2D eigenvalue weighted by atomic mass is 9.87. The minimum atomic E-state index is -0.190. The first kappa shape index (κ1) is 17.3. The van der Waals surface area contributed by atoms with Crippen LogP contribution in [0.2, 0.25) is 0 Å². The highest BCUT2D eigenvalue weighted by atomic mass is 32.2. The van der Waals surface area contributed by atoms with Gasteiger partial charge in [-0.25, -0.2) is 4.98 Å². The zero-order valence-electron chi connectivity index (χ0n) is 13.7. The molecule has 0 bridgehead atoms. The molecule has 1 aliphatic rings. The van der Waals surface area contributed by atoms with Gasteiger partial charge in [0.15, 0.2) is 5.16 Å². The van der Waals surface area contributed by atoms with Crippen LogP contribution in [-0.4, -0.2) is 39.0 Å². The molecule has 0 saturated heterocycles. The van der Waals surface area contributed by atoms with Gasteiger partial charge in [0.1, 0.15) is 0 Å². The number of thioether (sulfide) groups is 1. The van der Waals surface area contributed by atoms with Crippen molar-refractivity contribution in [3.8, 4) is 0 Å². The van der Waals surface area contributed by atoms with Crippen LogP contribution in [0.4, 0.5) is 0 Å². The van der Waals surface area contributed by atoms with E-state index in [9.17, 15) is 9.90 Å². The van der Waals surface area contributed by atoms with Crippen LogP contribution in [0, 0.1) is 5.92 Å². The topological polar surface area (TPSA) is 67.2 Å². The van der Waals surface area contributed by atoms with Gasteiger partial charge in [0, 0.05) is 24.5 Å². The number of nitrogens with one attached hydrogen (secondary N) is 1. The van der Waals surface area contributed by atoms with Crippen LogP contribution >= 0.6 is 11.8 Å². The molecule has 0 aromatic carbocycles. The molecule has 1 heterocycles. The van der Waals surface area contributed by atoms with Crippen molar-refractivity contribution in [1.29, 1.82) is 0 Å². The summed E-state index contributed by atoms with van der Waals surface area (Å²) in [6.07, 6.45) is 7.39. The first-order valence-corrected chi connectivity index (χ1v) is 8.96. The second kappa shape index (κ2) is 7.51. The van der Waals surface area contributed by atoms with Crippen LogP contribution in [0.15, 0.2) is 17.6 Å². The van der Waals surface area contributed by atoms with E-state index >= 15 is 0 Å². The maximum atomic E-state index is 12.0. The van der Waals surface area contributed by atoms with Crippen molar-refractivity contribution in [1.82, 2.24) is 14.9 Å². The Bertz CT molecular complexity index is 496. The maximum Gasteiger partial charge on any atom is 0.230 e. The molecular formula is C16H27N3O2S. The Kier molecular flexibility index (Phi) is 5.92. The summed E-state index contributed by atoms with van der Waals surface area (Å²) in [4.78, 5) is 16.3. The highest BCUT2D eigenvalue weighted by molar-refractivity contribution is 7.99. The normalized spacial score (nSPS) is 22.5. The Morgan fingerprint density at radius 3 is 2.95 bits per heavy atom. The fourth-order valence-electron chi connectivity index (χ4n) is 2.79. The van der Waals surface area contributed by atoms with Gasteiger partial charge in [0.25, 0.3) is 0 Å². The molecule has 2 unspecified atom stereocenters. The third-order valence-corrected chi connectivity index (χ3v) is 4.97. The van der Waals surface area contributed by atoms with Crippen LogP contribution < -0.4 is 5.32 Å². The molecule has 0 aliphatic heterocycles. The van der Waals surface area contributed by atoms with Gasteiger partial charge in [0.2, 0.25) is 5.91 Å². The second-order valence-corrected chi connectivity index (χ2v) is 7.97. The Labute approximate surface area is 136 Å². The van der Waals surface area contributed by atoms with Gasteiger partial charge in [-0.2, -0.15) is 0 Å². The molecule has 5 nitrogen and oxygen atoms in total. The lowest BCUT2D eigenvalue weighted by Gasteiger charge is -2.26. The maximum absolute atomic E-state index is 12.0. The quantitative estimate of drug-likeness (QED) is 0.816. The SMILES string of the molecule is CC(C)(C)n1ccnc1SCC(=O)NCC1CCCC(O)C1. The average Bonchev–Trinajstić information content (AvgIpc) is 2.91. The van der Waals surface area contributed by atoms with E-state index in [1.165, 1.54) is 11.8 Å². The Morgan fingerprint density at radius 2 is 2.27 bits per heavy atom. The van der Waals surface area contributed by atoms with Crippen LogP contribution in [0.25, 0.3) is 0 Å². The number of imidazole rings is 1.